The number of benzene rings is 2. The number of aromatic nitrogens is 2. The number of methoxy groups -OCH3 is 2. The molecule has 2 aromatic carbocycles. The minimum atomic E-state index is 0.709. The van der Waals surface area contributed by atoms with Gasteiger partial charge in [-0.05, 0) is 43.5 Å². The number of aryl methyl sites for hydroxylation is 2. The van der Waals surface area contributed by atoms with Crippen LogP contribution in [0.5, 0.6) is 11.5 Å². The molecule has 1 aliphatic rings. The summed E-state index contributed by atoms with van der Waals surface area (Å²) in [6.07, 6.45) is 1.95. The van der Waals surface area contributed by atoms with Crippen LogP contribution in [0, 0.1) is 6.92 Å². The summed E-state index contributed by atoms with van der Waals surface area (Å²) in [6.45, 7) is 1.95. The van der Waals surface area contributed by atoms with E-state index in [0.29, 0.717) is 5.75 Å². The van der Waals surface area contributed by atoms with Gasteiger partial charge in [-0.3, -0.25) is 0 Å². The van der Waals surface area contributed by atoms with Gasteiger partial charge in [-0.15, -0.1) is 0 Å². The van der Waals surface area contributed by atoms with E-state index in [1.165, 1.54) is 16.7 Å². The highest BCUT2D eigenvalue weighted by atomic mass is 16.5. The van der Waals surface area contributed by atoms with Crippen molar-refractivity contribution in [2.45, 2.75) is 19.8 Å². The quantitative estimate of drug-likeness (QED) is 0.720. The predicted octanol–water partition coefficient (Wildman–Crippen LogP) is 4.23. The van der Waals surface area contributed by atoms with Gasteiger partial charge >= 0.3 is 0 Å². The van der Waals surface area contributed by atoms with Gasteiger partial charge in [0.15, 0.2) is 11.5 Å². The van der Waals surface area contributed by atoms with Crippen molar-refractivity contribution in [1.82, 2.24) is 9.97 Å². The van der Waals surface area contributed by atoms with Gasteiger partial charge in [0, 0.05) is 16.7 Å². The van der Waals surface area contributed by atoms with Crippen LogP contribution in [0.1, 0.15) is 17.0 Å². The molecule has 126 valence electrons. The van der Waals surface area contributed by atoms with Gasteiger partial charge in [0.05, 0.1) is 25.6 Å². The number of hydrogen-bond donors (Lipinski definition) is 0. The molecular formula is C21H20N2O2. The molecule has 0 aliphatic heterocycles. The Morgan fingerprint density at radius 3 is 2.40 bits per heavy atom. The van der Waals surface area contributed by atoms with E-state index >= 15 is 0 Å². The lowest BCUT2D eigenvalue weighted by molar-refractivity contribution is 0.355. The summed E-state index contributed by atoms with van der Waals surface area (Å²) in [5.41, 5.74) is 6.84. The van der Waals surface area contributed by atoms with E-state index in [1.54, 1.807) is 14.2 Å². The van der Waals surface area contributed by atoms with E-state index in [1.807, 2.05) is 25.1 Å². The second kappa shape index (κ2) is 6.20. The molecule has 4 rings (SSSR count). The van der Waals surface area contributed by atoms with Crippen LogP contribution in [-0.4, -0.2) is 24.2 Å². The Bertz CT molecular complexity index is 951. The zero-order chi connectivity index (χ0) is 17.4. The molecule has 0 saturated heterocycles. The molecule has 1 aliphatic carbocycles. The zero-order valence-electron chi connectivity index (χ0n) is 14.7. The van der Waals surface area contributed by atoms with Crippen molar-refractivity contribution in [3.05, 3.63) is 59.4 Å². The predicted molar refractivity (Wildman–Crippen MR) is 98.2 cm³/mol. The van der Waals surface area contributed by atoms with Crippen LogP contribution in [0.15, 0.2) is 42.5 Å². The third-order valence-electron chi connectivity index (χ3n) is 4.69. The average Bonchev–Trinajstić information content (AvgIpc) is 2.66. The van der Waals surface area contributed by atoms with Crippen molar-refractivity contribution in [2.24, 2.45) is 0 Å². The van der Waals surface area contributed by atoms with Gasteiger partial charge < -0.3 is 9.47 Å². The summed E-state index contributed by atoms with van der Waals surface area (Å²) < 4.78 is 10.8. The first-order valence-electron chi connectivity index (χ1n) is 8.39. The monoisotopic (exact) mass is 332 g/mol. The Kier molecular flexibility index (Phi) is 3.88. The fourth-order valence-corrected chi connectivity index (χ4v) is 3.51. The van der Waals surface area contributed by atoms with Crippen molar-refractivity contribution in [3.8, 4) is 34.0 Å². The van der Waals surface area contributed by atoms with Crippen LogP contribution in [0.4, 0.5) is 0 Å². The second-order valence-corrected chi connectivity index (χ2v) is 6.17. The Labute approximate surface area is 147 Å². The average molecular weight is 332 g/mol. The zero-order valence-corrected chi connectivity index (χ0v) is 14.7. The van der Waals surface area contributed by atoms with Crippen LogP contribution < -0.4 is 9.47 Å². The minimum Gasteiger partial charge on any atom is -0.493 e. The summed E-state index contributed by atoms with van der Waals surface area (Å²) in [5.74, 6) is 2.21. The Hall–Kier alpha value is -2.88. The first-order valence-corrected chi connectivity index (χ1v) is 8.39. The molecule has 0 amide bonds. The molecule has 1 heterocycles. The van der Waals surface area contributed by atoms with Crippen molar-refractivity contribution in [2.75, 3.05) is 14.2 Å². The summed E-state index contributed by atoms with van der Waals surface area (Å²) in [5, 5.41) is 0. The van der Waals surface area contributed by atoms with Gasteiger partial charge in [0.1, 0.15) is 5.82 Å². The van der Waals surface area contributed by atoms with Crippen LogP contribution in [0.25, 0.3) is 22.5 Å². The topological polar surface area (TPSA) is 44.2 Å². The van der Waals surface area contributed by atoms with Gasteiger partial charge in [0.25, 0.3) is 0 Å². The van der Waals surface area contributed by atoms with E-state index < -0.39 is 0 Å². The fraction of sp³-hybridized carbons (Fsp3) is 0.238. The summed E-state index contributed by atoms with van der Waals surface area (Å²) in [6, 6.07) is 14.4. The molecule has 0 fully saturated rings. The fourth-order valence-electron chi connectivity index (χ4n) is 3.51. The van der Waals surface area contributed by atoms with Gasteiger partial charge in [-0.2, -0.15) is 0 Å². The normalized spacial score (nSPS) is 12.3. The SMILES string of the molecule is COc1ccc(-c2nc(C)nc3c2CCc2ccccc2-3)cc1OC. The third kappa shape index (κ3) is 2.64. The third-order valence-corrected chi connectivity index (χ3v) is 4.69. The van der Waals surface area contributed by atoms with Crippen molar-refractivity contribution < 1.29 is 9.47 Å². The summed E-state index contributed by atoms with van der Waals surface area (Å²) >= 11 is 0. The molecule has 0 atom stereocenters. The highest BCUT2D eigenvalue weighted by molar-refractivity contribution is 5.78. The number of rotatable bonds is 3. The lowest BCUT2D eigenvalue weighted by atomic mass is 9.87. The molecule has 0 unspecified atom stereocenters. The largest absolute Gasteiger partial charge is 0.493 e. The molecule has 3 aromatic rings. The lowest BCUT2D eigenvalue weighted by Gasteiger charge is -2.22. The molecule has 0 radical (unpaired) electrons. The lowest BCUT2D eigenvalue weighted by Crippen LogP contribution is -2.10. The molecule has 4 nitrogen and oxygen atoms in total. The van der Waals surface area contributed by atoms with Gasteiger partial charge in [0.2, 0.25) is 0 Å². The highest BCUT2D eigenvalue weighted by Crippen LogP contribution is 2.39. The number of ether oxygens (including phenoxy) is 2. The molecule has 0 saturated carbocycles. The van der Waals surface area contributed by atoms with E-state index in [0.717, 1.165) is 41.4 Å². The Balaban J connectivity index is 1.92. The first kappa shape index (κ1) is 15.6. The Morgan fingerprint density at radius 1 is 0.840 bits per heavy atom. The van der Waals surface area contributed by atoms with Crippen LogP contribution in [0.3, 0.4) is 0 Å². The number of hydrogen-bond acceptors (Lipinski definition) is 4. The molecule has 4 heteroatoms. The van der Waals surface area contributed by atoms with Crippen molar-refractivity contribution in [1.29, 1.82) is 0 Å². The first-order chi connectivity index (χ1) is 12.2. The van der Waals surface area contributed by atoms with Crippen LogP contribution in [-0.2, 0) is 12.8 Å². The van der Waals surface area contributed by atoms with E-state index in [9.17, 15) is 0 Å². The van der Waals surface area contributed by atoms with Crippen LogP contribution in [0.2, 0.25) is 0 Å². The maximum atomic E-state index is 5.46. The number of fused-ring (bicyclic) bond motifs is 3. The van der Waals surface area contributed by atoms with E-state index in [2.05, 4.69) is 24.3 Å². The van der Waals surface area contributed by atoms with Crippen molar-refractivity contribution in [3.63, 3.8) is 0 Å². The van der Waals surface area contributed by atoms with E-state index in [4.69, 9.17) is 19.4 Å². The Morgan fingerprint density at radius 2 is 1.60 bits per heavy atom. The standard InChI is InChI=1S/C21H20N2O2/c1-13-22-20(15-9-11-18(24-2)19(12-15)25-3)17-10-8-14-6-4-5-7-16(14)21(17)23-13/h4-7,9,11-12H,8,10H2,1-3H3. The minimum absolute atomic E-state index is 0.709. The van der Waals surface area contributed by atoms with E-state index in [-0.39, 0.29) is 0 Å². The molecule has 0 N–H and O–H groups in total. The number of nitrogens with zero attached hydrogens (tertiary/aromatic N) is 2. The smallest absolute Gasteiger partial charge is 0.161 e. The molecule has 0 bridgehead atoms. The maximum absolute atomic E-state index is 5.46. The second-order valence-electron chi connectivity index (χ2n) is 6.17. The van der Waals surface area contributed by atoms with Crippen LogP contribution >= 0.6 is 0 Å². The van der Waals surface area contributed by atoms with Crippen molar-refractivity contribution >= 4 is 0 Å². The van der Waals surface area contributed by atoms with Gasteiger partial charge in [-0.25, -0.2) is 9.97 Å². The summed E-state index contributed by atoms with van der Waals surface area (Å²) in [7, 11) is 3.30. The summed E-state index contributed by atoms with van der Waals surface area (Å²) in [4.78, 5) is 9.50. The maximum Gasteiger partial charge on any atom is 0.161 e. The molecule has 25 heavy (non-hydrogen) atoms. The molecule has 0 spiro atoms. The molecular weight excluding hydrogens is 312 g/mol. The highest BCUT2D eigenvalue weighted by Gasteiger charge is 2.22. The van der Waals surface area contributed by atoms with Gasteiger partial charge in [-0.1, -0.05) is 24.3 Å². The molecule has 1 aromatic heterocycles.